The Kier molecular flexibility index (Phi) is 13.5. The van der Waals surface area contributed by atoms with Crippen LogP contribution in [0, 0.1) is 17.8 Å². The molecule has 28 heavy (non-hydrogen) atoms. The summed E-state index contributed by atoms with van der Waals surface area (Å²) in [6, 6.07) is 0. The summed E-state index contributed by atoms with van der Waals surface area (Å²) in [5.41, 5.74) is 0. The van der Waals surface area contributed by atoms with Gasteiger partial charge in [0.15, 0.2) is 5.79 Å². The number of unbranched alkanes of at least 4 members (excludes halogenated alkanes) is 4. The minimum atomic E-state index is -1.92. The highest BCUT2D eigenvalue weighted by atomic mass is 16.5. The van der Waals surface area contributed by atoms with Crippen molar-refractivity contribution in [1.82, 2.24) is 0 Å². The van der Waals surface area contributed by atoms with E-state index in [1.54, 1.807) is 0 Å². The van der Waals surface area contributed by atoms with Crippen molar-refractivity contribution in [2.75, 3.05) is 6.61 Å². The van der Waals surface area contributed by atoms with Gasteiger partial charge in [0, 0.05) is 6.42 Å². The highest BCUT2D eigenvalue weighted by Crippen LogP contribution is 2.35. The molecule has 0 heterocycles. The molecular weight excluding hydrogens is 348 g/mol. The molecule has 3 nitrogen and oxygen atoms in total. The van der Waals surface area contributed by atoms with Crippen molar-refractivity contribution in [2.24, 2.45) is 17.8 Å². The molecule has 162 valence electrons. The third-order valence-electron chi connectivity index (χ3n) is 6.11. The highest BCUT2D eigenvalue weighted by Gasteiger charge is 2.24. The van der Waals surface area contributed by atoms with Crippen LogP contribution in [0.25, 0.3) is 0 Å². The average Bonchev–Trinajstić information content (AvgIpc) is 3.13. The van der Waals surface area contributed by atoms with Gasteiger partial charge < -0.3 is 15.3 Å². The number of aliphatic hydroxyl groups is 3. The fourth-order valence-corrected chi connectivity index (χ4v) is 4.18. The average molecular weight is 393 g/mol. The summed E-state index contributed by atoms with van der Waals surface area (Å²) >= 11 is 0. The van der Waals surface area contributed by atoms with Crippen molar-refractivity contribution < 1.29 is 15.3 Å². The predicted octanol–water partition coefficient (Wildman–Crippen LogP) is 5.91. The van der Waals surface area contributed by atoms with Gasteiger partial charge in [0.1, 0.15) is 0 Å². The van der Waals surface area contributed by atoms with Gasteiger partial charge in [0.05, 0.1) is 6.61 Å². The Morgan fingerprint density at radius 3 is 2.61 bits per heavy atom. The van der Waals surface area contributed by atoms with Gasteiger partial charge in [-0.3, -0.25) is 0 Å². The highest BCUT2D eigenvalue weighted by molar-refractivity contribution is 4.99. The number of hydrogen-bond donors (Lipinski definition) is 3. The normalized spacial score (nSPS) is 21.7. The second-order valence-corrected chi connectivity index (χ2v) is 8.60. The van der Waals surface area contributed by atoms with Gasteiger partial charge in [-0.1, -0.05) is 69.4 Å². The first-order chi connectivity index (χ1) is 13.5. The molecular formula is C25H44O3. The molecule has 0 spiro atoms. The van der Waals surface area contributed by atoms with E-state index in [9.17, 15) is 10.2 Å². The van der Waals surface area contributed by atoms with Crippen molar-refractivity contribution in [1.29, 1.82) is 0 Å². The maximum absolute atomic E-state index is 9.37. The fraction of sp³-hybridized carbons (Fsp3) is 0.760. The lowest BCUT2D eigenvalue weighted by Gasteiger charge is -2.17. The summed E-state index contributed by atoms with van der Waals surface area (Å²) in [4.78, 5) is 0. The molecule has 0 unspecified atom stereocenters. The first-order valence-electron chi connectivity index (χ1n) is 11.5. The van der Waals surface area contributed by atoms with Gasteiger partial charge >= 0.3 is 0 Å². The topological polar surface area (TPSA) is 60.7 Å². The molecule has 1 saturated carbocycles. The SMILES string of the molecule is C=C[C@H](C/C=C/[C@H]1CCC[C@@H]1C/C=C\CCCC(O)(O)CO)CCCCCC. The first kappa shape index (κ1) is 25.1. The zero-order valence-corrected chi connectivity index (χ0v) is 18.1. The van der Waals surface area contributed by atoms with E-state index in [1.807, 2.05) is 0 Å². The molecule has 0 aliphatic heterocycles. The van der Waals surface area contributed by atoms with Crippen LogP contribution in [0.4, 0.5) is 0 Å². The smallest absolute Gasteiger partial charge is 0.186 e. The molecule has 1 rings (SSSR count). The van der Waals surface area contributed by atoms with Crippen LogP contribution in [0.2, 0.25) is 0 Å². The van der Waals surface area contributed by atoms with Gasteiger partial charge in [-0.05, 0) is 62.7 Å². The lowest BCUT2D eigenvalue weighted by Crippen LogP contribution is -2.32. The zero-order chi connectivity index (χ0) is 20.7. The van der Waals surface area contributed by atoms with Crippen molar-refractivity contribution >= 4 is 0 Å². The van der Waals surface area contributed by atoms with Gasteiger partial charge in [-0.2, -0.15) is 0 Å². The van der Waals surface area contributed by atoms with Gasteiger partial charge in [0.2, 0.25) is 0 Å². The Morgan fingerprint density at radius 2 is 1.89 bits per heavy atom. The molecule has 3 heteroatoms. The van der Waals surface area contributed by atoms with Crippen LogP contribution >= 0.6 is 0 Å². The van der Waals surface area contributed by atoms with Crippen LogP contribution in [0.1, 0.15) is 90.4 Å². The van der Waals surface area contributed by atoms with Crippen molar-refractivity contribution in [3.05, 3.63) is 37.0 Å². The Bertz CT molecular complexity index is 453. The van der Waals surface area contributed by atoms with Crippen LogP contribution in [0.3, 0.4) is 0 Å². The Labute approximate surface area is 173 Å². The summed E-state index contributed by atoms with van der Waals surface area (Å²) in [5.74, 6) is 0.143. The lowest BCUT2D eigenvalue weighted by molar-refractivity contribution is -0.191. The number of aliphatic hydroxyl groups excluding tert-OH is 1. The quantitative estimate of drug-likeness (QED) is 0.174. The largest absolute Gasteiger partial charge is 0.391 e. The third-order valence-corrected chi connectivity index (χ3v) is 6.11. The number of allylic oxidation sites excluding steroid dienone is 5. The van der Waals surface area contributed by atoms with Gasteiger partial charge in [-0.25, -0.2) is 0 Å². The van der Waals surface area contributed by atoms with E-state index in [0.29, 0.717) is 18.3 Å². The second-order valence-electron chi connectivity index (χ2n) is 8.60. The number of hydrogen-bond acceptors (Lipinski definition) is 3. The monoisotopic (exact) mass is 392 g/mol. The van der Waals surface area contributed by atoms with Crippen LogP contribution in [-0.2, 0) is 0 Å². The molecule has 0 aromatic rings. The molecule has 0 aromatic carbocycles. The van der Waals surface area contributed by atoms with Crippen molar-refractivity contribution in [3.63, 3.8) is 0 Å². The standard InChI is InChI=1S/C25H44O3/c1-3-5-6-9-14-22(4-2)15-12-17-24-19-13-18-23(24)16-10-7-8-11-20-25(27,28)21-26/h4,7,10,12,17,22-24,26-28H,2-3,5-6,8-9,11,13-16,18-21H2,1H3/b10-7-,17-12+/t22-,23-,24-/m0/s1. The molecule has 0 saturated heterocycles. The summed E-state index contributed by atoms with van der Waals surface area (Å²) in [6.45, 7) is 5.68. The van der Waals surface area contributed by atoms with Crippen LogP contribution in [-0.4, -0.2) is 27.7 Å². The third kappa shape index (κ3) is 11.2. The minimum absolute atomic E-state index is 0.214. The van der Waals surface area contributed by atoms with Crippen molar-refractivity contribution in [2.45, 2.75) is 96.2 Å². The zero-order valence-electron chi connectivity index (χ0n) is 18.1. The molecule has 1 fully saturated rings. The van der Waals surface area contributed by atoms with E-state index >= 15 is 0 Å². The summed E-state index contributed by atoms with van der Waals surface area (Å²) in [5, 5.41) is 27.6. The second kappa shape index (κ2) is 15.0. The fourth-order valence-electron chi connectivity index (χ4n) is 4.18. The van der Waals surface area contributed by atoms with Crippen molar-refractivity contribution in [3.8, 4) is 0 Å². The van der Waals surface area contributed by atoms with Crippen LogP contribution in [0.5, 0.6) is 0 Å². The molecule has 3 N–H and O–H groups in total. The first-order valence-corrected chi connectivity index (χ1v) is 11.5. The summed E-state index contributed by atoms with van der Waals surface area (Å²) in [7, 11) is 0. The van der Waals surface area contributed by atoms with Crippen LogP contribution in [0.15, 0.2) is 37.0 Å². The molecule has 3 atom stereocenters. The molecule has 1 aliphatic carbocycles. The lowest BCUT2D eigenvalue weighted by atomic mass is 9.90. The maximum atomic E-state index is 9.37. The summed E-state index contributed by atoms with van der Waals surface area (Å²) in [6.07, 6.45) is 25.9. The summed E-state index contributed by atoms with van der Waals surface area (Å²) < 4.78 is 0. The Morgan fingerprint density at radius 1 is 1.07 bits per heavy atom. The number of rotatable bonds is 16. The molecule has 0 aromatic heterocycles. The van der Waals surface area contributed by atoms with E-state index in [0.717, 1.165) is 25.2 Å². The maximum Gasteiger partial charge on any atom is 0.186 e. The Balaban J connectivity index is 2.27. The molecule has 0 amide bonds. The van der Waals surface area contributed by atoms with E-state index in [4.69, 9.17) is 5.11 Å². The van der Waals surface area contributed by atoms with Gasteiger partial charge in [0.25, 0.3) is 0 Å². The molecule has 0 radical (unpaired) electrons. The molecule has 1 aliphatic rings. The molecule has 0 bridgehead atoms. The van der Waals surface area contributed by atoms with Crippen LogP contribution < -0.4 is 0 Å². The van der Waals surface area contributed by atoms with E-state index in [1.165, 1.54) is 51.4 Å². The minimum Gasteiger partial charge on any atom is -0.391 e. The van der Waals surface area contributed by atoms with E-state index < -0.39 is 12.4 Å². The predicted molar refractivity (Wildman–Crippen MR) is 119 cm³/mol. The van der Waals surface area contributed by atoms with E-state index in [-0.39, 0.29) is 6.42 Å². The van der Waals surface area contributed by atoms with E-state index in [2.05, 4.69) is 43.9 Å². The van der Waals surface area contributed by atoms with Gasteiger partial charge in [-0.15, -0.1) is 6.58 Å². The Hall–Kier alpha value is -0.900.